The van der Waals surface area contributed by atoms with Gasteiger partial charge in [-0.25, -0.2) is 4.79 Å². The van der Waals surface area contributed by atoms with Crippen molar-refractivity contribution in [1.82, 2.24) is 9.88 Å². The first-order valence-corrected chi connectivity index (χ1v) is 9.80. The molecule has 0 spiro atoms. The van der Waals surface area contributed by atoms with Crippen LogP contribution in [0.1, 0.15) is 38.8 Å². The number of rotatable bonds is 9. The fraction of sp³-hybridized carbons (Fsp3) is 0.364. The van der Waals surface area contributed by atoms with Gasteiger partial charge in [-0.15, -0.1) is 0 Å². The number of hydrogen-bond donors (Lipinski definition) is 1. The third kappa shape index (κ3) is 4.80. The standard InChI is InChI=1S/C22H26N2O5/c1-4-27-19-11-10-16(14-20(19)28-5-2)15(3)23-21(25)12-13-24-17-8-6-7-9-18(17)29-22(24)26/h6-11,14-15H,4-5,12-13H2,1-3H3,(H,23,25). The number of ether oxygens (including phenoxy) is 2. The van der Waals surface area contributed by atoms with E-state index in [1.165, 1.54) is 4.57 Å². The summed E-state index contributed by atoms with van der Waals surface area (Å²) in [7, 11) is 0. The van der Waals surface area contributed by atoms with E-state index in [0.29, 0.717) is 35.8 Å². The van der Waals surface area contributed by atoms with Crippen LogP contribution >= 0.6 is 0 Å². The van der Waals surface area contributed by atoms with Gasteiger partial charge in [-0.3, -0.25) is 9.36 Å². The summed E-state index contributed by atoms with van der Waals surface area (Å²) in [5.74, 6) is 0.730. The maximum atomic E-state index is 12.4. The average molecular weight is 398 g/mol. The van der Waals surface area contributed by atoms with E-state index in [9.17, 15) is 9.59 Å². The van der Waals surface area contributed by atoms with Gasteiger partial charge in [-0.2, -0.15) is 0 Å². The first-order valence-electron chi connectivity index (χ1n) is 9.80. The van der Waals surface area contributed by atoms with E-state index in [1.54, 1.807) is 18.2 Å². The number of nitrogens with zero attached hydrogens (tertiary/aromatic N) is 1. The molecule has 0 radical (unpaired) electrons. The van der Waals surface area contributed by atoms with Crippen LogP contribution in [0.2, 0.25) is 0 Å². The number of fused-ring (bicyclic) bond motifs is 1. The minimum Gasteiger partial charge on any atom is -0.490 e. The summed E-state index contributed by atoms with van der Waals surface area (Å²) >= 11 is 0. The Hall–Kier alpha value is -3.22. The first kappa shape index (κ1) is 20.5. The Balaban J connectivity index is 1.65. The van der Waals surface area contributed by atoms with Gasteiger partial charge < -0.3 is 19.2 Å². The zero-order valence-electron chi connectivity index (χ0n) is 16.9. The van der Waals surface area contributed by atoms with Gasteiger partial charge in [0.15, 0.2) is 17.1 Å². The molecule has 1 N–H and O–H groups in total. The molecule has 1 amide bonds. The van der Waals surface area contributed by atoms with E-state index in [1.807, 2.05) is 45.0 Å². The molecule has 0 saturated carbocycles. The molecule has 154 valence electrons. The Labute approximate surface area is 169 Å². The lowest BCUT2D eigenvalue weighted by Crippen LogP contribution is -2.28. The maximum Gasteiger partial charge on any atom is 0.419 e. The molecule has 3 rings (SSSR count). The SMILES string of the molecule is CCOc1ccc(C(C)NC(=O)CCn2c(=O)oc3ccccc32)cc1OCC. The van der Waals surface area contributed by atoms with Gasteiger partial charge in [0, 0.05) is 13.0 Å². The summed E-state index contributed by atoms with van der Waals surface area (Å²) in [6.07, 6.45) is 0.170. The molecule has 2 aromatic carbocycles. The minimum atomic E-state index is -0.458. The molecule has 0 saturated heterocycles. The van der Waals surface area contributed by atoms with Crippen molar-refractivity contribution in [2.45, 2.75) is 39.8 Å². The molecule has 3 aromatic rings. The summed E-state index contributed by atoms with van der Waals surface area (Å²) in [6, 6.07) is 12.6. The third-order valence-electron chi connectivity index (χ3n) is 4.58. The number of benzene rings is 2. The van der Waals surface area contributed by atoms with Crippen molar-refractivity contribution in [2.24, 2.45) is 0 Å². The molecule has 29 heavy (non-hydrogen) atoms. The number of amides is 1. The second-order valence-electron chi connectivity index (χ2n) is 6.60. The van der Waals surface area contributed by atoms with Crippen molar-refractivity contribution in [3.05, 3.63) is 58.6 Å². The molecular formula is C22H26N2O5. The van der Waals surface area contributed by atoms with E-state index in [2.05, 4.69) is 5.32 Å². The van der Waals surface area contributed by atoms with Gasteiger partial charge in [-0.05, 0) is 50.6 Å². The average Bonchev–Trinajstić information content (AvgIpc) is 3.03. The van der Waals surface area contributed by atoms with Gasteiger partial charge in [0.2, 0.25) is 5.91 Å². The van der Waals surface area contributed by atoms with E-state index in [4.69, 9.17) is 13.9 Å². The highest BCUT2D eigenvalue weighted by molar-refractivity contribution is 5.77. The summed E-state index contributed by atoms with van der Waals surface area (Å²) < 4.78 is 17.9. The van der Waals surface area contributed by atoms with Crippen molar-refractivity contribution in [3.8, 4) is 11.5 Å². The van der Waals surface area contributed by atoms with Crippen LogP contribution in [0.15, 0.2) is 51.7 Å². The maximum absolute atomic E-state index is 12.4. The Morgan fingerprint density at radius 1 is 1.10 bits per heavy atom. The fourth-order valence-electron chi connectivity index (χ4n) is 3.17. The Morgan fingerprint density at radius 3 is 2.59 bits per heavy atom. The van der Waals surface area contributed by atoms with Gasteiger partial charge >= 0.3 is 5.76 Å². The normalized spacial score (nSPS) is 12.0. The number of oxazole rings is 1. The lowest BCUT2D eigenvalue weighted by Gasteiger charge is -2.17. The van der Waals surface area contributed by atoms with E-state index in [-0.39, 0.29) is 24.9 Å². The third-order valence-corrected chi connectivity index (χ3v) is 4.58. The van der Waals surface area contributed by atoms with E-state index >= 15 is 0 Å². The van der Waals surface area contributed by atoms with Crippen LogP contribution < -0.4 is 20.5 Å². The van der Waals surface area contributed by atoms with Crippen LogP contribution in [0.5, 0.6) is 11.5 Å². The van der Waals surface area contributed by atoms with Crippen molar-refractivity contribution in [1.29, 1.82) is 0 Å². The van der Waals surface area contributed by atoms with Crippen LogP contribution in [-0.4, -0.2) is 23.7 Å². The molecule has 7 nitrogen and oxygen atoms in total. The van der Waals surface area contributed by atoms with Gasteiger partial charge in [0.05, 0.1) is 24.8 Å². The highest BCUT2D eigenvalue weighted by Gasteiger charge is 2.15. The summed E-state index contributed by atoms with van der Waals surface area (Å²) in [5.41, 5.74) is 2.12. The molecule has 0 aliphatic heterocycles. The zero-order chi connectivity index (χ0) is 20.8. The van der Waals surface area contributed by atoms with Crippen LogP contribution in [0.3, 0.4) is 0 Å². The molecular weight excluding hydrogens is 372 g/mol. The van der Waals surface area contributed by atoms with Crippen LogP contribution in [0, 0.1) is 0 Å². The van der Waals surface area contributed by atoms with Crippen molar-refractivity contribution >= 4 is 17.0 Å². The Bertz CT molecular complexity index is 1040. The van der Waals surface area contributed by atoms with E-state index in [0.717, 1.165) is 5.56 Å². The molecule has 1 heterocycles. The second kappa shape index (κ2) is 9.32. The van der Waals surface area contributed by atoms with Crippen LogP contribution in [0.25, 0.3) is 11.1 Å². The molecule has 1 aromatic heterocycles. The molecule has 0 bridgehead atoms. The topological polar surface area (TPSA) is 82.7 Å². The largest absolute Gasteiger partial charge is 0.490 e. The number of aromatic nitrogens is 1. The van der Waals surface area contributed by atoms with Crippen molar-refractivity contribution in [3.63, 3.8) is 0 Å². The van der Waals surface area contributed by atoms with Gasteiger partial charge in [-0.1, -0.05) is 18.2 Å². The number of carbonyl (C=O) groups excluding carboxylic acids is 1. The van der Waals surface area contributed by atoms with Crippen molar-refractivity contribution < 1.29 is 18.7 Å². The quantitative estimate of drug-likeness (QED) is 0.595. The first-order chi connectivity index (χ1) is 14.0. The van der Waals surface area contributed by atoms with Crippen LogP contribution in [0.4, 0.5) is 0 Å². The van der Waals surface area contributed by atoms with Gasteiger partial charge in [0.1, 0.15) is 0 Å². The number of carbonyl (C=O) groups is 1. The fourth-order valence-corrected chi connectivity index (χ4v) is 3.17. The number of para-hydroxylation sites is 2. The molecule has 7 heteroatoms. The highest BCUT2D eigenvalue weighted by atomic mass is 16.5. The lowest BCUT2D eigenvalue weighted by atomic mass is 10.1. The van der Waals surface area contributed by atoms with Gasteiger partial charge in [0.25, 0.3) is 0 Å². The minimum absolute atomic E-state index is 0.151. The number of hydrogen-bond acceptors (Lipinski definition) is 5. The number of nitrogens with one attached hydrogen (secondary N) is 1. The zero-order valence-corrected chi connectivity index (χ0v) is 16.9. The Kier molecular flexibility index (Phi) is 6.59. The predicted octanol–water partition coefficient (Wildman–Crippen LogP) is 3.66. The van der Waals surface area contributed by atoms with E-state index < -0.39 is 5.76 Å². The summed E-state index contributed by atoms with van der Waals surface area (Å²) in [5, 5.41) is 2.97. The summed E-state index contributed by atoms with van der Waals surface area (Å²) in [4.78, 5) is 24.5. The molecule has 0 aliphatic rings. The second-order valence-corrected chi connectivity index (χ2v) is 6.60. The monoisotopic (exact) mass is 398 g/mol. The molecule has 1 unspecified atom stereocenters. The lowest BCUT2D eigenvalue weighted by molar-refractivity contribution is -0.121. The highest BCUT2D eigenvalue weighted by Crippen LogP contribution is 2.30. The molecule has 0 fully saturated rings. The number of aryl methyl sites for hydroxylation is 1. The molecule has 0 aliphatic carbocycles. The van der Waals surface area contributed by atoms with Crippen molar-refractivity contribution in [2.75, 3.05) is 13.2 Å². The molecule has 1 atom stereocenters. The smallest absolute Gasteiger partial charge is 0.419 e. The Morgan fingerprint density at radius 2 is 1.83 bits per heavy atom. The predicted molar refractivity (Wildman–Crippen MR) is 110 cm³/mol. The van der Waals surface area contributed by atoms with Crippen LogP contribution in [-0.2, 0) is 11.3 Å². The summed E-state index contributed by atoms with van der Waals surface area (Å²) in [6.45, 7) is 7.06.